The van der Waals surface area contributed by atoms with Gasteiger partial charge in [0.15, 0.2) is 0 Å². The van der Waals surface area contributed by atoms with E-state index in [1.54, 1.807) is 0 Å². The van der Waals surface area contributed by atoms with Crippen LogP contribution in [0.3, 0.4) is 0 Å². The summed E-state index contributed by atoms with van der Waals surface area (Å²) in [7, 11) is 0. The molecule has 4 rings (SSSR count). The number of carbonyl (C=O) groups excluding carboxylic acids is 1. The van der Waals surface area contributed by atoms with E-state index in [0.29, 0.717) is 19.0 Å². The lowest BCUT2D eigenvalue weighted by molar-refractivity contribution is 0.0498. The fraction of sp³-hybridized carbons (Fsp3) is 0.400. The van der Waals surface area contributed by atoms with E-state index in [1.807, 2.05) is 40.0 Å². The standard InChI is InChI=1S/C15H15BrN4O/c16-12-3-1-2-11(6-12)15(21)19-7-13(8-19)20-9-14(17-18-20)10-4-5-10/h1-3,6,9-10,13H,4-5,7-8H2. The minimum absolute atomic E-state index is 0.0788. The summed E-state index contributed by atoms with van der Waals surface area (Å²) in [5.41, 5.74) is 1.83. The lowest BCUT2D eigenvalue weighted by Gasteiger charge is -2.38. The SMILES string of the molecule is O=C(c1cccc(Br)c1)N1CC(n2cc(C3CC3)nn2)C1. The van der Waals surface area contributed by atoms with Crippen molar-refractivity contribution < 1.29 is 4.79 Å². The molecule has 0 atom stereocenters. The second-order valence-electron chi connectivity index (χ2n) is 5.77. The lowest BCUT2D eigenvalue weighted by Crippen LogP contribution is -2.50. The maximum atomic E-state index is 12.3. The van der Waals surface area contributed by atoms with Gasteiger partial charge in [-0.1, -0.05) is 27.2 Å². The van der Waals surface area contributed by atoms with Crippen molar-refractivity contribution >= 4 is 21.8 Å². The Bertz CT molecular complexity index is 688. The van der Waals surface area contributed by atoms with Gasteiger partial charge in [-0.2, -0.15) is 0 Å². The maximum absolute atomic E-state index is 12.3. The monoisotopic (exact) mass is 346 g/mol. The van der Waals surface area contributed by atoms with Gasteiger partial charge in [0.05, 0.1) is 11.7 Å². The zero-order valence-electron chi connectivity index (χ0n) is 11.4. The van der Waals surface area contributed by atoms with E-state index < -0.39 is 0 Å². The predicted octanol–water partition coefficient (Wildman–Crippen LogP) is 2.62. The van der Waals surface area contributed by atoms with Crippen LogP contribution in [0.4, 0.5) is 0 Å². The van der Waals surface area contributed by atoms with E-state index in [0.717, 1.165) is 15.7 Å². The first-order chi connectivity index (χ1) is 10.2. The van der Waals surface area contributed by atoms with Crippen LogP contribution in [0.25, 0.3) is 0 Å². The molecule has 0 spiro atoms. The molecule has 1 saturated carbocycles. The summed E-state index contributed by atoms with van der Waals surface area (Å²) in [4.78, 5) is 14.2. The van der Waals surface area contributed by atoms with Crippen LogP contribution in [0, 0.1) is 0 Å². The molecule has 1 saturated heterocycles. The first-order valence-corrected chi connectivity index (χ1v) is 7.96. The third-order valence-electron chi connectivity index (χ3n) is 4.12. The van der Waals surface area contributed by atoms with Crippen molar-refractivity contribution in [3.05, 3.63) is 46.2 Å². The van der Waals surface area contributed by atoms with Crippen molar-refractivity contribution in [1.29, 1.82) is 0 Å². The normalized spacial score (nSPS) is 18.6. The number of likely N-dealkylation sites (tertiary alicyclic amines) is 1. The molecule has 0 radical (unpaired) electrons. The van der Waals surface area contributed by atoms with Crippen LogP contribution in [0.1, 0.15) is 40.9 Å². The fourth-order valence-electron chi connectivity index (χ4n) is 2.63. The van der Waals surface area contributed by atoms with Crippen LogP contribution in [0.5, 0.6) is 0 Å². The molecule has 1 aliphatic carbocycles. The minimum atomic E-state index is 0.0788. The topological polar surface area (TPSA) is 51.0 Å². The van der Waals surface area contributed by atoms with E-state index in [1.165, 1.54) is 12.8 Å². The van der Waals surface area contributed by atoms with Gasteiger partial charge in [0.25, 0.3) is 5.91 Å². The van der Waals surface area contributed by atoms with Gasteiger partial charge in [0.1, 0.15) is 0 Å². The van der Waals surface area contributed by atoms with Gasteiger partial charge < -0.3 is 4.90 Å². The Kier molecular flexibility index (Phi) is 3.06. The summed E-state index contributed by atoms with van der Waals surface area (Å²) in [5.74, 6) is 0.702. The van der Waals surface area contributed by atoms with Gasteiger partial charge in [-0.3, -0.25) is 4.79 Å². The number of amides is 1. The van der Waals surface area contributed by atoms with Gasteiger partial charge in [-0.25, -0.2) is 4.68 Å². The Hall–Kier alpha value is -1.69. The number of halogens is 1. The van der Waals surface area contributed by atoms with E-state index in [2.05, 4.69) is 26.2 Å². The summed E-state index contributed by atoms with van der Waals surface area (Å²) in [5, 5.41) is 8.43. The number of carbonyl (C=O) groups is 1. The summed E-state index contributed by atoms with van der Waals surface area (Å²) in [6, 6.07) is 7.77. The summed E-state index contributed by atoms with van der Waals surface area (Å²) in [6.07, 6.45) is 4.51. The smallest absolute Gasteiger partial charge is 0.254 e. The number of hydrogen-bond donors (Lipinski definition) is 0. The molecule has 0 unspecified atom stereocenters. The molecule has 2 heterocycles. The first-order valence-electron chi connectivity index (χ1n) is 7.17. The van der Waals surface area contributed by atoms with Crippen molar-refractivity contribution in [3.8, 4) is 0 Å². The third-order valence-corrected chi connectivity index (χ3v) is 4.61. The van der Waals surface area contributed by atoms with E-state index in [-0.39, 0.29) is 11.9 Å². The molecule has 108 valence electrons. The Balaban J connectivity index is 1.40. The van der Waals surface area contributed by atoms with E-state index >= 15 is 0 Å². The van der Waals surface area contributed by atoms with E-state index in [9.17, 15) is 4.79 Å². The molecule has 0 bridgehead atoms. The van der Waals surface area contributed by atoms with Crippen LogP contribution < -0.4 is 0 Å². The average Bonchev–Trinajstić information content (AvgIpc) is 3.17. The van der Waals surface area contributed by atoms with Crippen molar-refractivity contribution in [2.45, 2.75) is 24.8 Å². The van der Waals surface area contributed by atoms with Gasteiger partial charge in [-0.05, 0) is 31.0 Å². The summed E-state index contributed by atoms with van der Waals surface area (Å²) >= 11 is 3.40. The number of nitrogens with zero attached hydrogens (tertiary/aromatic N) is 4. The molecule has 6 heteroatoms. The van der Waals surface area contributed by atoms with Crippen molar-refractivity contribution in [2.24, 2.45) is 0 Å². The van der Waals surface area contributed by atoms with Crippen LogP contribution in [0.15, 0.2) is 34.9 Å². The average molecular weight is 347 g/mol. The molecule has 1 aliphatic heterocycles. The molecule has 1 aromatic carbocycles. The maximum Gasteiger partial charge on any atom is 0.254 e. The fourth-order valence-corrected chi connectivity index (χ4v) is 3.03. The highest BCUT2D eigenvalue weighted by atomic mass is 79.9. The molecule has 5 nitrogen and oxygen atoms in total. The molecule has 1 aromatic heterocycles. The predicted molar refractivity (Wildman–Crippen MR) is 81.1 cm³/mol. The zero-order valence-corrected chi connectivity index (χ0v) is 13.0. The number of benzene rings is 1. The van der Waals surface area contributed by atoms with Crippen molar-refractivity contribution in [2.75, 3.05) is 13.1 Å². The summed E-state index contributed by atoms with van der Waals surface area (Å²) in [6.45, 7) is 1.41. The highest BCUT2D eigenvalue weighted by molar-refractivity contribution is 9.10. The van der Waals surface area contributed by atoms with Crippen LogP contribution in [-0.2, 0) is 0 Å². The van der Waals surface area contributed by atoms with Crippen molar-refractivity contribution in [1.82, 2.24) is 19.9 Å². The largest absolute Gasteiger partial charge is 0.334 e. The van der Waals surface area contributed by atoms with Crippen LogP contribution >= 0.6 is 15.9 Å². The number of rotatable bonds is 3. The number of aromatic nitrogens is 3. The Morgan fingerprint density at radius 3 is 2.81 bits per heavy atom. The number of hydrogen-bond acceptors (Lipinski definition) is 3. The van der Waals surface area contributed by atoms with Gasteiger partial charge in [0, 0.05) is 35.2 Å². The van der Waals surface area contributed by atoms with Gasteiger partial charge in [0.2, 0.25) is 0 Å². The molecule has 0 N–H and O–H groups in total. The quantitative estimate of drug-likeness (QED) is 0.858. The van der Waals surface area contributed by atoms with Gasteiger partial charge in [-0.15, -0.1) is 5.10 Å². The highest BCUT2D eigenvalue weighted by Gasteiger charge is 2.34. The van der Waals surface area contributed by atoms with E-state index in [4.69, 9.17) is 0 Å². The molecule has 2 aliphatic rings. The molecular formula is C15H15BrN4O. The Morgan fingerprint density at radius 2 is 2.10 bits per heavy atom. The Morgan fingerprint density at radius 1 is 1.29 bits per heavy atom. The second-order valence-corrected chi connectivity index (χ2v) is 6.69. The highest BCUT2D eigenvalue weighted by Crippen LogP contribution is 2.39. The lowest BCUT2D eigenvalue weighted by atomic mass is 10.1. The van der Waals surface area contributed by atoms with Crippen LogP contribution in [-0.4, -0.2) is 38.9 Å². The zero-order chi connectivity index (χ0) is 14.4. The summed E-state index contributed by atoms with van der Waals surface area (Å²) < 4.78 is 2.84. The first kappa shape index (κ1) is 13.0. The molecule has 1 amide bonds. The van der Waals surface area contributed by atoms with Gasteiger partial charge >= 0.3 is 0 Å². The minimum Gasteiger partial charge on any atom is -0.334 e. The molecule has 2 aromatic rings. The third kappa shape index (κ3) is 2.48. The molecule has 2 fully saturated rings. The van der Waals surface area contributed by atoms with Crippen LogP contribution in [0.2, 0.25) is 0 Å². The van der Waals surface area contributed by atoms with Crippen molar-refractivity contribution in [3.63, 3.8) is 0 Å². The Labute approximate surface area is 131 Å². The molecule has 21 heavy (non-hydrogen) atoms. The second kappa shape index (κ2) is 4.94. The molecular weight excluding hydrogens is 332 g/mol.